The third kappa shape index (κ3) is 1.46. The van der Waals surface area contributed by atoms with Crippen LogP contribution in [0.3, 0.4) is 0 Å². The molecular weight excluding hydrogens is 220 g/mol. The molecule has 0 aliphatic carbocycles. The normalized spacial score (nSPS) is 16.7. The molecule has 1 aliphatic heterocycles. The fraction of sp³-hybridized carbons (Fsp3) is 0.636. The van der Waals surface area contributed by atoms with Crippen molar-refractivity contribution < 1.29 is 0 Å². The molecule has 3 heterocycles. The van der Waals surface area contributed by atoms with Crippen LogP contribution in [0.2, 0.25) is 0 Å². The monoisotopic (exact) mass is 236 g/mol. The van der Waals surface area contributed by atoms with E-state index in [1.54, 1.807) is 11.3 Å². The Kier molecular flexibility index (Phi) is 2.09. The molecule has 0 saturated heterocycles. The van der Waals surface area contributed by atoms with Gasteiger partial charge in [0.05, 0.1) is 5.69 Å². The van der Waals surface area contributed by atoms with Crippen LogP contribution >= 0.6 is 11.3 Å². The second-order valence-corrected chi connectivity index (χ2v) is 6.34. The molecule has 2 aromatic heterocycles. The smallest absolute Gasteiger partial charge is 0.212 e. The summed E-state index contributed by atoms with van der Waals surface area (Å²) in [6, 6.07) is 0. The van der Waals surface area contributed by atoms with Crippen LogP contribution in [0.25, 0.3) is 4.96 Å². The van der Waals surface area contributed by atoms with E-state index in [1.165, 1.54) is 10.6 Å². The molecule has 16 heavy (non-hydrogen) atoms. The lowest BCUT2D eigenvalue weighted by Gasteiger charge is -2.13. The van der Waals surface area contributed by atoms with Gasteiger partial charge in [-0.3, -0.25) is 0 Å². The topological polar surface area (TPSA) is 42.2 Å². The maximum absolute atomic E-state index is 4.65. The Bertz CT molecular complexity index is 532. The number of aromatic nitrogens is 3. The third-order valence-electron chi connectivity index (χ3n) is 2.86. The Morgan fingerprint density at radius 3 is 2.94 bits per heavy atom. The van der Waals surface area contributed by atoms with Gasteiger partial charge >= 0.3 is 0 Å². The fourth-order valence-corrected chi connectivity index (χ4v) is 3.01. The molecule has 3 rings (SSSR count). The molecule has 1 N–H and O–H groups in total. The van der Waals surface area contributed by atoms with Gasteiger partial charge in [0.15, 0.2) is 5.82 Å². The summed E-state index contributed by atoms with van der Waals surface area (Å²) in [6.07, 6.45) is 1.06. The first kappa shape index (κ1) is 10.2. The van der Waals surface area contributed by atoms with E-state index in [2.05, 4.69) is 36.2 Å². The van der Waals surface area contributed by atoms with E-state index in [1.807, 2.05) is 4.52 Å². The second-order valence-electron chi connectivity index (χ2n) is 5.28. The minimum Gasteiger partial charge on any atom is -0.311 e. The van der Waals surface area contributed by atoms with E-state index in [0.717, 1.165) is 30.3 Å². The molecule has 2 aromatic rings. The van der Waals surface area contributed by atoms with Gasteiger partial charge in [0.1, 0.15) is 0 Å². The Morgan fingerprint density at radius 1 is 1.38 bits per heavy atom. The number of hydrogen-bond acceptors (Lipinski definition) is 4. The van der Waals surface area contributed by atoms with E-state index < -0.39 is 0 Å². The zero-order chi connectivity index (χ0) is 11.3. The number of rotatable bonds is 0. The van der Waals surface area contributed by atoms with Crippen molar-refractivity contribution in [2.45, 2.75) is 39.2 Å². The van der Waals surface area contributed by atoms with Gasteiger partial charge in [0.25, 0.3) is 0 Å². The maximum atomic E-state index is 4.65. The third-order valence-corrected chi connectivity index (χ3v) is 3.94. The number of fused-ring (bicyclic) bond motifs is 3. The van der Waals surface area contributed by atoms with Crippen molar-refractivity contribution in [3.63, 3.8) is 0 Å². The highest BCUT2D eigenvalue weighted by Crippen LogP contribution is 2.27. The highest BCUT2D eigenvalue weighted by atomic mass is 32.1. The van der Waals surface area contributed by atoms with Crippen LogP contribution in [-0.4, -0.2) is 21.1 Å². The van der Waals surface area contributed by atoms with E-state index in [0.29, 0.717) is 0 Å². The zero-order valence-electron chi connectivity index (χ0n) is 9.87. The molecule has 0 fully saturated rings. The maximum Gasteiger partial charge on any atom is 0.212 e. The van der Waals surface area contributed by atoms with Crippen LogP contribution in [0.5, 0.6) is 0 Å². The van der Waals surface area contributed by atoms with Gasteiger partial charge in [0, 0.05) is 29.8 Å². The van der Waals surface area contributed by atoms with Crippen molar-refractivity contribution in [1.82, 2.24) is 19.9 Å². The quantitative estimate of drug-likeness (QED) is 0.757. The Labute approximate surface area is 98.7 Å². The number of nitrogens with zero attached hydrogens (tertiary/aromatic N) is 3. The first-order valence-electron chi connectivity index (χ1n) is 5.64. The van der Waals surface area contributed by atoms with Crippen LogP contribution in [0, 0.1) is 0 Å². The second kappa shape index (κ2) is 3.28. The van der Waals surface area contributed by atoms with Crippen molar-refractivity contribution in [3.05, 3.63) is 16.4 Å². The summed E-state index contributed by atoms with van der Waals surface area (Å²) in [7, 11) is 0. The average molecular weight is 236 g/mol. The molecule has 5 heteroatoms. The highest BCUT2D eigenvalue weighted by Gasteiger charge is 2.24. The summed E-state index contributed by atoms with van der Waals surface area (Å²) in [5.74, 6) is 0.945. The highest BCUT2D eigenvalue weighted by molar-refractivity contribution is 7.17. The predicted octanol–water partition coefficient (Wildman–Crippen LogP) is 1.73. The largest absolute Gasteiger partial charge is 0.311 e. The van der Waals surface area contributed by atoms with Gasteiger partial charge in [0.2, 0.25) is 4.96 Å². The van der Waals surface area contributed by atoms with Gasteiger partial charge in [-0.2, -0.15) is 0 Å². The standard InChI is InChI=1S/C11H16N4S/c1-11(2,3)9-13-10-15(14-9)7-4-5-12-6-8(7)16-10/h12H,4-6H2,1-3H3. The van der Waals surface area contributed by atoms with Crippen LogP contribution < -0.4 is 5.32 Å². The molecule has 0 unspecified atom stereocenters. The number of nitrogens with one attached hydrogen (secondary N) is 1. The van der Waals surface area contributed by atoms with Gasteiger partial charge in [-0.05, 0) is 0 Å². The lowest BCUT2D eigenvalue weighted by Crippen LogP contribution is -2.23. The van der Waals surface area contributed by atoms with Crippen LogP contribution in [0.1, 0.15) is 37.2 Å². The van der Waals surface area contributed by atoms with E-state index in [9.17, 15) is 0 Å². The van der Waals surface area contributed by atoms with Crippen molar-refractivity contribution in [2.75, 3.05) is 6.54 Å². The number of thiazole rings is 1. The van der Waals surface area contributed by atoms with Crippen LogP contribution in [0.15, 0.2) is 0 Å². The Balaban J connectivity index is 2.17. The van der Waals surface area contributed by atoms with Crippen molar-refractivity contribution >= 4 is 16.3 Å². The van der Waals surface area contributed by atoms with Gasteiger partial charge in [-0.25, -0.2) is 9.50 Å². The minimum absolute atomic E-state index is 0.0333. The first-order valence-corrected chi connectivity index (χ1v) is 6.46. The summed E-state index contributed by atoms with van der Waals surface area (Å²) in [5.41, 5.74) is 1.38. The Hall–Kier alpha value is -0.940. The fourth-order valence-electron chi connectivity index (χ4n) is 1.94. The summed E-state index contributed by atoms with van der Waals surface area (Å²) in [5, 5.41) is 8.02. The molecular formula is C11H16N4S. The summed E-state index contributed by atoms with van der Waals surface area (Å²) in [6.45, 7) is 8.47. The molecule has 86 valence electrons. The lowest BCUT2D eigenvalue weighted by molar-refractivity contribution is 0.541. The van der Waals surface area contributed by atoms with Crippen LogP contribution in [0.4, 0.5) is 0 Å². The van der Waals surface area contributed by atoms with Gasteiger partial charge < -0.3 is 5.32 Å². The molecule has 1 aliphatic rings. The number of hydrogen-bond donors (Lipinski definition) is 1. The zero-order valence-corrected chi connectivity index (χ0v) is 10.7. The molecule has 0 bridgehead atoms. The van der Waals surface area contributed by atoms with E-state index in [-0.39, 0.29) is 5.41 Å². The summed E-state index contributed by atoms with van der Waals surface area (Å²) >= 11 is 1.76. The summed E-state index contributed by atoms with van der Waals surface area (Å²) in [4.78, 5) is 7.06. The van der Waals surface area contributed by atoms with Crippen molar-refractivity contribution in [3.8, 4) is 0 Å². The minimum atomic E-state index is 0.0333. The molecule has 0 atom stereocenters. The summed E-state index contributed by atoms with van der Waals surface area (Å²) < 4.78 is 2.04. The Morgan fingerprint density at radius 2 is 2.19 bits per heavy atom. The molecule has 0 spiro atoms. The predicted molar refractivity (Wildman–Crippen MR) is 65.0 cm³/mol. The van der Waals surface area contributed by atoms with E-state index in [4.69, 9.17) is 0 Å². The molecule has 0 aromatic carbocycles. The molecule has 0 radical (unpaired) electrons. The first-order chi connectivity index (χ1) is 7.55. The molecule has 0 saturated carbocycles. The average Bonchev–Trinajstić information content (AvgIpc) is 2.72. The molecule has 0 amide bonds. The van der Waals surface area contributed by atoms with E-state index >= 15 is 0 Å². The van der Waals surface area contributed by atoms with Crippen molar-refractivity contribution in [2.24, 2.45) is 0 Å². The van der Waals surface area contributed by atoms with Crippen LogP contribution in [-0.2, 0) is 18.4 Å². The SMILES string of the molecule is CC(C)(C)c1nc2sc3c(n2n1)CCNC3. The molecule has 4 nitrogen and oxygen atoms in total. The van der Waals surface area contributed by atoms with Gasteiger partial charge in [-0.15, -0.1) is 5.10 Å². The van der Waals surface area contributed by atoms with Gasteiger partial charge in [-0.1, -0.05) is 32.1 Å². The van der Waals surface area contributed by atoms with Crippen molar-refractivity contribution in [1.29, 1.82) is 0 Å². The lowest BCUT2D eigenvalue weighted by atomic mass is 9.96.